The van der Waals surface area contributed by atoms with Gasteiger partial charge in [0, 0.05) is 16.6 Å². The van der Waals surface area contributed by atoms with Gasteiger partial charge >= 0.3 is 0 Å². The number of nitrogens with one attached hydrogen (secondary N) is 1. The van der Waals surface area contributed by atoms with E-state index in [-0.39, 0.29) is 0 Å². The van der Waals surface area contributed by atoms with Crippen LogP contribution in [0.2, 0.25) is 0 Å². The van der Waals surface area contributed by atoms with Gasteiger partial charge in [0.2, 0.25) is 0 Å². The standard InChI is InChI=1S/C14H23NS/c1-4-5-6-7-12(2)15-13-8-10-14(16-3)11-9-13/h8-12,15H,4-7H2,1-3H3. The lowest BCUT2D eigenvalue weighted by atomic mass is 10.1. The molecule has 16 heavy (non-hydrogen) atoms. The quantitative estimate of drug-likeness (QED) is 0.540. The predicted molar refractivity (Wildman–Crippen MR) is 75.4 cm³/mol. The molecule has 1 aromatic carbocycles. The molecule has 1 N–H and O–H groups in total. The second kappa shape index (κ2) is 7.61. The van der Waals surface area contributed by atoms with E-state index < -0.39 is 0 Å². The summed E-state index contributed by atoms with van der Waals surface area (Å²) in [6, 6.07) is 9.26. The molecule has 1 rings (SSSR count). The van der Waals surface area contributed by atoms with Crippen LogP contribution in [-0.2, 0) is 0 Å². The number of thioether (sulfide) groups is 1. The lowest BCUT2D eigenvalue weighted by Gasteiger charge is -2.15. The molecule has 0 aliphatic rings. The summed E-state index contributed by atoms with van der Waals surface area (Å²) in [5, 5.41) is 3.54. The number of unbranched alkanes of at least 4 members (excludes halogenated alkanes) is 2. The number of hydrogen-bond donors (Lipinski definition) is 1. The van der Waals surface area contributed by atoms with Gasteiger partial charge in [-0.3, -0.25) is 0 Å². The van der Waals surface area contributed by atoms with Crippen LogP contribution in [0.4, 0.5) is 5.69 Å². The molecular weight excluding hydrogens is 214 g/mol. The summed E-state index contributed by atoms with van der Waals surface area (Å²) in [7, 11) is 0. The summed E-state index contributed by atoms with van der Waals surface area (Å²) < 4.78 is 0. The predicted octanol–water partition coefficient (Wildman–Crippen LogP) is 4.79. The third kappa shape index (κ3) is 4.93. The molecule has 0 amide bonds. The molecule has 0 aliphatic heterocycles. The highest BCUT2D eigenvalue weighted by Crippen LogP contribution is 2.18. The SMILES string of the molecule is CCCCCC(C)Nc1ccc(SC)cc1. The molecule has 1 unspecified atom stereocenters. The monoisotopic (exact) mass is 237 g/mol. The first-order chi connectivity index (χ1) is 7.76. The molecule has 0 bridgehead atoms. The Balaban J connectivity index is 2.34. The van der Waals surface area contributed by atoms with E-state index in [1.54, 1.807) is 11.8 Å². The van der Waals surface area contributed by atoms with Crippen molar-refractivity contribution in [2.24, 2.45) is 0 Å². The first-order valence-electron chi connectivity index (χ1n) is 6.17. The van der Waals surface area contributed by atoms with Crippen LogP contribution in [0.1, 0.15) is 39.5 Å². The molecule has 0 aliphatic carbocycles. The Hall–Kier alpha value is -0.630. The van der Waals surface area contributed by atoms with Gasteiger partial charge in [-0.25, -0.2) is 0 Å². The molecule has 0 spiro atoms. The van der Waals surface area contributed by atoms with Crippen molar-refractivity contribution in [1.29, 1.82) is 0 Å². The molecule has 0 heterocycles. The molecule has 1 atom stereocenters. The maximum Gasteiger partial charge on any atom is 0.0342 e. The Bertz CT molecular complexity index is 281. The number of rotatable bonds is 7. The molecule has 90 valence electrons. The minimum absolute atomic E-state index is 0.576. The Morgan fingerprint density at radius 3 is 2.44 bits per heavy atom. The molecule has 1 aromatic rings. The van der Waals surface area contributed by atoms with E-state index in [4.69, 9.17) is 0 Å². The number of anilines is 1. The van der Waals surface area contributed by atoms with E-state index in [0.717, 1.165) is 0 Å². The van der Waals surface area contributed by atoms with Gasteiger partial charge in [0.15, 0.2) is 0 Å². The van der Waals surface area contributed by atoms with E-state index in [0.29, 0.717) is 6.04 Å². The summed E-state index contributed by atoms with van der Waals surface area (Å²) in [5.74, 6) is 0. The van der Waals surface area contributed by atoms with Crippen LogP contribution in [0.25, 0.3) is 0 Å². The minimum atomic E-state index is 0.576. The van der Waals surface area contributed by atoms with Crippen molar-refractivity contribution in [1.82, 2.24) is 0 Å². The highest BCUT2D eigenvalue weighted by molar-refractivity contribution is 7.98. The van der Waals surface area contributed by atoms with E-state index in [9.17, 15) is 0 Å². The molecule has 0 aromatic heterocycles. The molecule has 0 fully saturated rings. The first kappa shape index (κ1) is 13.4. The summed E-state index contributed by atoms with van der Waals surface area (Å²) in [6.07, 6.45) is 7.34. The Kier molecular flexibility index (Phi) is 6.39. The lowest BCUT2D eigenvalue weighted by molar-refractivity contribution is 0.615. The average molecular weight is 237 g/mol. The van der Waals surface area contributed by atoms with Gasteiger partial charge in [0.1, 0.15) is 0 Å². The van der Waals surface area contributed by atoms with Crippen molar-refractivity contribution < 1.29 is 0 Å². The number of hydrogen-bond acceptors (Lipinski definition) is 2. The third-order valence-electron chi connectivity index (χ3n) is 2.74. The van der Waals surface area contributed by atoms with Gasteiger partial charge in [0.05, 0.1) is 0 Å². The average Bonchev–Trinajstić information content (AvgIpc) is 2.30. The van der Waals surface area contributed by atoms with Crippen LogP contribution in [-0.4, -0.2) is 12.3 Å². The molecule has 1 nitrogen and oxygen atoms in total. The second-order valence-corrected chi connectivity index (χ2v) is 5.15. The molecule has 0 saturated heterocycles. The summed E-state index contributed by atoms with van der Waals surface area (Å²) >= 11 is 1.79. The first-order valence-corrected chi connectivity index (χ1v) is 7.39. The highest BCUT2D eigenvalue weighted by atomic mass is 32.2. The fourth-order valence-electron chi connectivity index (χ4n) is 1.74. The van der Waals surface area contributed by atoms with Gasteiger partial charge in [-0.1, -0.05) is 26.2 Å². The zero-order chi connectivity index (χ0) is 11.8. The largest absolute Gasteiger partial charge is 0.383 e. The maximum absolute atomic E-state index is 3.54. The van der Waals surface area contributed by atoms with Crippen molar-refractivity contribution in [2.75, 3.05) is 11.6 Å². The molecule has 2 heteroatoms. The molecule has 0 saturated carbocycles. The van der Waals surface area contributed by atoms with Gasteiger partial charge in [-0.2, -0.15) is 0 Å². The van der Waals surface area contributed by atoms with Crippen molar-refractivity contribution >= 4 is 17.4 Å². The summed E-state index contributed by atoms with van der Waals surface area (Å²) in [6.45, 7) is 4.51. The van der Waals surface area contributed by atoms with Gasteiger partial charge < -0.3 is 5.32 Å². The lowest BCUT2D eigenvalue weighted by Crippen LogP contribution is -2.14. The Morgan fingerprint density at radius 2 is 1.88 bits per heavy atom. The van der Waals surface area contributed by atoms with Gasteiger partial charge in [-0.15, -0.1) is 11.8 Å². The highest BCUT2D eigenvalue weighted by Gasteiger charge is 2.01. The topological polar surface area (TPSA) is 12.0 Å². The van der Waals surface area contributed by atoms with Crippen LogP contribution in [0.5, 0.6) is 0 Å². The Morgan fingerprint density at radius 1 is 1.19 bits per heavy atom. The maximum atomic E-state index is 3.54. The van der Waals surface area contributed by atoms with E-state index in [1.807, 2.05) is 0 Å². The minimum Gasteiger partial charge on any atom is -0.383 e. The van der Waals surface area contributed by atoms with E-state index in [1.165, 1.54) is 36.3 Å². The van der Waals surface area contributed by atoms with Crippen molar-refractivity contribution in [3.63, 3.8) is 0 Å². The van der Waals surface area contributed by atoms with Crippen LogP contribution in [0.3, 0.4) is 0 Å². The number of benzene rings is 1. The van der Waals surface area contributed by atoms with Crippen LogP contribution in [0.15, 0.2) is 29.2 Å². The van der Waals surface area contributed by atoms with E-state index >= 15 is 0 Å². The zero-order valence-electron chi connectivity index (χ0n) is 10.6. The fourth-order valence-corrected chi connectivity index (χ4v) is 2.15. The zero-order valence-corrected chi connectivity index (χ0v) is 11.4. The summed E-state index contributed by atoms with van der Waals surface area (Å²) in [4.78, 5) is 1.32. The van der Waals surface area contributed by atoms with Crippen LogP contribution >= 0.6 is 11.8 Å². The molecule has 0 radical (unpaired) electrons. The van der Waals surface area contributed by atoms with Crippen molar-refractivity contribution in [3.05, 3.63) is 24.3 Å². The van der Waals surface area contributed by atoms with Gasteiger partial charge in [0.25, 0.3) is 0 Å². The van der Waals surface area contributed by atoms with Crippen molar-refractivity contribution in [2.45, 2.75) is 50.5 Å². The smallest absolute Gasteiger partial charge is 0.0342 e. The fraction of sp³-hybridized carbons (Fsp3) is 0.571. The van der Waals surface area contributed by atoms with E-state index in [2.05, 4.69) is 49.7 Å². The molecular formula is C14H23NS. The second-order valence-electron chi connectivity index (χ2n) is 4.27. The summed E-state index contributed by atoms with van der Waals surface area (Å²) in [5.41, 5.74) is 1.24. The van der Waals surface area contributed by atoms with Gasteiger partial charge in [-0.05, 0) is 43.9 Å². The Labute approximate surface area is 104 Å². The van der Waals surface area contributed by atoms with Crippen LogP contribution < -0.4 is 5.32 Å². The van der Waals surface area contributed by atoms with Crippen molar-refractivity contribution in [3.8, 4) is 0 Å². The normalized spacial score (nSPS) is 12.4. The van der Waals surface area contributed by atoms with Crippen LogP contribution in [0, 0.1) is 0 Å². The third-order valence-corrected chi connectivity index (χ3v) is 3.49.